The smallest absolute Gasteiger partial charge is 0.255 e. The molecular formula is C11H14IN3O2. The number of hydrogen-bond acceptors (Lipinski definition) is 3. The molecule has 1 atom stereocenters. The molecule has 0 spiro atoms. The summed E-state index contributed by atoms with van der Waals surface area (Å²) in [6.45, 7) is 1.70. The van der Waals surface area contributed by atoms with Crippen LogP contribution in [0.3, 0.4) is 0 Å². The van der Waals surface area contributed by atoms with Crippen LogP contribution >= 0.6 is 22.6 Å². The summed E-state index contributed by atoms with van der Waals surface area (Å²) in [5.41, 5.74) is 6.08. The Balaban J connectivity index is 2.95. The molecule has 5 nitrogen and oxygen atoms in total. The second-order valence-electron chi connectivity index (χ2n) is 3.60. The highest BCUT2D eigenvalue weighted by molar-refractivity contribution is 14.1. The summed E-state index contributed by atoms with van der Waals surface area (Å²) in [7, 11) is 1.62. The summed E-state index contributed by atoms with van der Waals surface area (Å²) < 4.78 is 0.869. The third-order valence-corrected chi connectivity index (χ3v) is 3.49. The molecule has 0 bridgehead atoms. The van der Waals surface area contributed by atoms with Crippen LogP contribution in [0.2, 0.25) is 0 Å². The number of rotatable bonds is 3. The van der Waals surface area contributed by atoms with Gasteiger partial charge in [0.05, 0.1) is 11.6 Å². The average Bonchev–Trinajstić information content (AvgIpc) is 2.35. The molecule has 6 heteroatoms. The zero-order valence-electron chi connectivity index (χ0n) is 9.59. The predicted molar refractivity (Wildman–Crippen MR) is 74.1 cm³/mol. The van der Waals surface area contributed by atoms with Crippen LogP contribution in [0, 0.1) is 3.57 Å². The van der Waals surface area contributed by atoms with E-state index >= 15 is 0 Å². The Labute approximate surface area is 113 Å². The monoisotopic (exact) mass is 347 g/mol. The molecule has 92 valence electrons. The van der Waals surface area contributed by atoms with Crippen molar-refractivity contribution in [3.63, 3.8) is 0 Å². The molecule has 0 saturated heterocycles. The minimum absolute atomic E-state index is 0.00629. The summed E-state index contributed by atoms with van der Waals surface area (Å²) in [5, 5.41) is 11.5. The second-order valence-corrected chi connectivity index (χ2v) is 4.76. The SMILES string of the molecule is CC(C(N)=NO)N(C)C(=O)c1ccccc1I. The second kappa shape index (κ2) is 5.85. The van der Waals surface area contributed by atoms with Gasteiger partial charge in [-0.1, -0.05) is 17.3 Å². The van der Waals surface area contributed by atoms with E-state index in [2.05, 4.69) is 27.7 Å². The summed E-state index contributed by atoms with van der Waals surface area (Å²) in [6.07, 6.45) is 0. The Hall–Kier alpha value is -1.31. The van der Waals surface area contributed by atoms with Crippen molar-refractivity contribution in [1.29, 1.82) is 0 Å². The van der Waals surface area contributed by atoms with Crippen LogP contribution in [-0.2, 0) is 0 Å². The molecule has 3 N–H and O–H groups in total. The number of carbonyl (C=O) groups is 1. The maximum atomic E-state index is 12.2. The topological polar surface area (TPSA) is 78.9 Å². The molecule has 1 unspecified atom stereocenters. The molecule has 0 aliphatic heterocycles. The number of carbonyl (C=O) groups excluding carboxylic acids is 1. The molecule has 17 heavy (non-hydrogen) atoms. The van der Waals surface area contributed by atoms with Crippen molar-refractivity contribution in [2.24, 2.45) is 10.9 Å². The van der Waals surface area contributed by atoms with Crippen molar-refractivity contribution in [1.82, 2.24) is 4.90 Å². The number of oxime groups is 1. The van der Waals surface area contributed by atoms with Crippen LogP contribution in [0.15, 0.2) is 29.4 Å². The van der Waals surface area contributed by atoms with E-state index in [1.807, 2.05) is 12.1 Å². The van der Waals surface area contributed by atoms with Crippen LogP contribution in [0.25, 0.3) is 0 Å². The lowest BCUT2D eigenvalue weighted by Crippen LogP contribution is -2.44. The first-order chi connectivity index (χ1) is 7.99. The van der Waals surface area contributed by atoms with Gasteiger partial charge in [0.1, 0.15) is 0 Å². The lowest BCUT2D eigenvalue weighted by Gasteiger charge is -2.24. The Morgan fingerprint density at radius 2 is 2.12 bits per heavy atom. The molecule has 0 aromatic heterocycles. The number of halogens is 1. The number of nitrogens with zero attached hydrogens (tertiary/aromatic N) is 2. The van der Waals surface area contributed by atoms with E-state index in [0.29, 0.717) is 5.56 Å². The quantitative estimate of drug-likeness (QED) is 0.286. The number of nitrogens with two attached hydrogens (primary N) is 1. The van der Waals surface area contributed by atoms with Crippen LogP contribution in [0.1, 0.15) is 17.3 Å². The molecule has 0 aliphatic rings. The first-order valence-electron chi connectivity index (χ1n) is 4.98. The van der Waals surface area contributed by atoms with Crippen molar-refractivity contribution in [3.8, 4) is 0 Å². The summed E-state index contributed by atoms with van der Waals surface area (Å²) in [4.78, 5) is 13.6. The zero-order chi connectivity index (χ0) is 13.0. The zero-order valence-corrected chi connectivity index (χ0v) is 11.7. The minimum atomic E-state index is -0.455. The van der Waals surface area contributed by atoms with Crippen LogP contribution in [0.5, 0.6) is 0 Å². The minimum Gasteiger partial charge on any atom is -0.409 e. The lowest BCUT2D eigenvalue weighted by molar-refractivity contribution is 0.0775. The molecule has 0 radical (unpaired) electrons. The summed E-state index contributed by atoms with van der Waals surface area (Å²) >= 11 is 2.10. The van der Waals surface area contributed by atoms with Crippen molar-refractivity contribution in [3.05, 3.63) is 33.4 Å². The molecule has 0 heterocycles. The normalized spacial score (nSPS) is 13.2. The van der Waals surface area contributed by atoms with Crippen molar-refractivity contribution < 1.29 is 10.0 Å². The van der Waals surface area contributed by atoms with Crippen molar-refractivity contribution in [2.45, 2.75) is 13.0 Å². The standard InChI is InChI=1S/C11H14IN3O2/c1-7(10(13)14-17)15(2)11(16)8-5-3-4-6-9(8)12/h3-7,17H,1-2H3,(H2,13,14). The van der Waals surface area contributed by atoms with Gasteiger partial charge in [-0.25, -0.2) is 0 Å². The molecule has 0 aliphatic carbocycles. The van der Waals surface area contributed by atoms with Gasteiger partial charge in [0, 0.05) is 10.6 Å². The van der Waals surface area contributed by atoms with Gasteiger partial charge in [0.25, 0.3) is 5.91 Å². The van der Waals surface area contributed by atoms with Gasteiger partial charge in [-0.15, -0.1) is 0 Å². The highest BCUT2D eigenvalue weighted by Crippen LogP contribution is 2.14. The summed E-state index contributed by atoms with van der Waals surface area (Å²) in [5.74, 6) is -0.152. The van der Waals surface area contributed by atoms with E-state index in [4.69, 9.17) is 10.9 Å². The van der Waals surface area contributed by atoms with Gasteiger partial charge in [-0.05, 0) is 41.6 Å². The predicted octanol–water partition coefficient (Wildman–Crippen LogP) is 1.50. The highest BCUT2D eigenvalue weighted by Gasteiger charge is 2.21. The Morgan fingerprint density at radius 1 is 1.53 bits per heavy atom. The van der Waals surface area contributed by atoms with Crippen molar-refractivity contribution in [2.75, 3.05) is 7.05 Å². The first kappa shape index (κ1) is 13.8. The Kier molecular flexibility index (Phi) is 4.73. The third-order valence-electron chi connectivity index (χ3n) is 2.55. The van der Waals surface area contributed by atoms with Gasteiger partial charge in [0.15, 0.2) is 5.84 Å². The van der Waals surface area contributed by atoms with E-state index in [-0.39, 0.29) is 11.7 Å². The molecule has 1 aromatic carbocycles. The van der Waals surface area contributed by atoms with E-state index in [9.17, 15) is 4.79 Å². The number of benzene rings is 1. The first-order valence-corrected chi connectivity index (χ1v) is 6.06. The fraction of sp³-hybridized carbons (Fsp3) is 0.273. The van der Waals surface area contributed by atoms with Gasteiger partial charge < -0.3 is 15.8 Å². The van der Waals surface area contributed by atoms with Crippen molar-refractivity contribution >= 4 is 34.3 Å². The number of hydrogen-bond donors (Lipinski definition) is 2. The highest BCUT2D eigenvalue weighted by atomic mass is 127. The summed E-state index contributed by atoms with van der Waals surface area (Å²) in [6, 6.07) is 6.82. The fourth-order valence-electron chi connectivity index (χ4n) is 1.28. The molecular weight excluding hydrogens is 333 g/mol. The maximum Gasteiger partial charge on any atom is 0.255 e. The maximum absolute atomic E-state index is 12.2. The van der Waals surface area contributed by atoms with Gasteiger partial charge >= 0.3 is 0 Å². The van der Waals surface area contributed by atoms with Crippen LogP contribution in [-0.4, -0.2) is 34.9 Å². The lowest BCUT2D eigenvalue weighted by atomic mass is 10.1. The Bertz CT molecular complexity index is 448. The van der Waals surface area contributed by atoms with E-state index < -0.39 is 6.04 Å². The Morgan fingerprint density at radius 3 is 2.65 bits per heavy atom. The van der Waals surface area contributed by atoms with E-state index in [1.165, 1.54) is 4.90 Å². The van der Waals surface area contributed by atoms with Crippen LogP contribution in [0.4, 0.5) is 0 Å². The van der Waals surface area contributed by atoms with E-state index in [0.717, 1.165) is 3.57 Å². The molecule has 1 aromatic rings. The average molecular weight is 347 g/mol. The van der Waals surface area contributed by atoms with Gasteiger partial charge in [-0.2, -0.15) is 0 Å². The number of amides is 1. The number of likely N-dealkylation sites (N-methyl/N-ethyl adjacent to an activating group) is 1. The number of amidine groups is 1. The third kappa shape index (κ3) is 3.09. The van der Waals surface area contributed by atoms with Gasteiger partial charge in [-0.3, -0.25) is 4.79 Å². The molecule has 0 saturated carbocycles. The van der Waals surface area contributed by atoms with E-state index in [1.54, 1.807) is 26.1 Å². The molecule has 1 amide bonds. The molecule has 1 rings (SSSR count). The largest absolute Gasteiger partial charge is 0.409 e. The van der Waals surface area contributed by atoms with Crippen LogP contribution < -0.4 is 5.73 Å². The molecule has 0 fully saturated rings. The fourth-order valence-corrected chi connectivity index (χ4v) is 1.90. The van der Waals surface area contributed by atoms with Gasteiger partial charge in [0.2, 0.25) is 0 Å².